The summed E-state index contributed by atoms with van der Waals surface area (Å²) in [6, 6.07) is 3.92. The fraction of sp³-hybridized carbons (Fsp3) is 0.400. The summed E-state index contributed by atoms with van der Waals surface area (Å²) in [7, 11) is 0. The van der Waals surface area contributed by atoms with Gasteiger partial charge in [0.05, 0.1) is 6.42 Å². The van der Waals surface area contributed by atoms with Gasteiger partial charge in [-0.2, -0.15) is 0 Å². The zero-order valence-electron chi connectivity index (χ0n) is 7.89. The van der Waals surface area contributed by atoms with Gasteiger partial charge in [-0.1, -0.05) is 6.07 Å². The molecular weight excluding hydrogens is 178 g/mol. The molecule has 2 N–H and O–H groups in total. The number of nitrogens with zero attached hydrogens (tertiary/aromatic N) is 2. The smallest absolute Gasteiger partial charge is 0.227 e. The predicted octanol–water partition coefficient (Wildman–Crippen LogP) is -0.206. The van der Waals surface area contributed by atoms with E-state index in [1.165, 1.54) is 0 Å². The van der Waals surface area contributed by atoms with Gasteiger partial charge < -0.3 is 10.6 Å². The Bertz CT molecular complexity index is 319. The molecule has 0 bridgehead atoms. The van der Waals surface area contributed by atoms with Gasteiger partial charge in [0.15, 0.2) is 0 Å². The Morgan fingerprint density at radius 2 is 2.43 bits per heavy atom. The Morgan fingerprint density at radius 3 is 3.00 bits per heavy atom. The minimum absolute atomic E-state index is 0.139. The number of hydrogen-bond donors (Lipinski definition) is 1. The first-order valence-corrected chi connectivity index (χ1v) is 4.68. The van der Waals surface area contributed by atoms with Crippen molar-refractivity contribution in [3.63, 3.8) is 0 Å². The van der Waals surface area contributed by atoms with Crippen LogP contribution >= 0.6 is 0 Å². The second kappa shape index (κ2) is 3.75. The molecule has 2 heterocycles. The summed E-state index contributed by atoms with van der Waals surface area (Å²) < 4.78 is 0. The lowest BCUT2D eigenvalue weighted by Crippen LogP contribution is -2.58. The molecule has 0 atom stereocenters. The van der Waals surface area contributed by atoms with Crippen molar-refractivity contribution in [2.45, 2.75) is 12.5 Å². The number of pyridine rings is 1. The Balaban J connectivity index is 1.89. The molecule has 1 aliphatic heterocycles. The van der Waals surface area contributed by atoms with E-state index in [4.69, 9.17) is 5.73 Å². The molecular formula is C10H13N3O. The van der Waals surface area contributed by atoms with Crippen molar-refractivity contribution in [3.8, 4) is 0 Å². The summed E-state index contributed by atoms with van der Waals surface area (Å²) in [6.45, 7) is 1.39. The van der Waals surface area contributed by atoms with Crippen LogP contribution in [0.4, 0.5) is 0 Å². The van der Waals surface area contributed by atoms with Crippen LogP contribution in [0.3, 0.4) is 0 Å². The van der Waals surface area contributed by atoms with E-state index in [2.05, 4.69) is 4.98 Å². The van der Waals surface area contributed by atoms with Crippen LogP contribution in [0.5, 0.6) is 0 Å². The standard InChI is InChI=1S/C10H13N3O/c11-9-6-13(7-9)10(14)4-8-2-1-3-12-5-8/h1-3,5,9H,4,6-7,11H2. The van der Waals surface area contributed by atoms with E-state index < -0.39 is 0 Å². The van der Waals surface area contributed by atoms with Crippen LogP contribution in [-0.2, 0) is 11.2 Å². The van der Waals surface area contributed by atoms with E-state index in [-0.39, 0.29) is 11.9 Å². The number of likely N-dealkylation sites (tertiary alicyclic amines) is 1. The van der Waals surface area contributed by atoms with Crippen LogP contribution in [0.1, 0.15) is 5.56 Å². The molecule has 1 saturated heterocycles. The molecule has 0 unspecified atom stereocenters. The van der Waals surface area contributed by atoms with Gasteiger partial charge in [0, 0.05) is 31.5 Å². The number of carbonyl (C=O) groups is 1. The van der Waals surface area contributed by atoms with E-state index >= 15 is 0 Å². The highest BCUT2D eigenvalue weighted by atomic mass is 16.2. The Morgan fingerprint density at radius 1 is 1.64 bits per heavy atom. The summed E-state index contributed by atoms with van der Waals surface area (Å²) >= 11 is 0. The molecule has 4 nitrogen and oxygen atoms in total. The van der Waals surface area contributed by atoms with Gasteiger partial charge in [-0.3, -0.25) is 9.78 Å². The summed E-state index contributed by atoms with van der Waals surface area (Å²) in [5.74, 6) is 0.139. The van der Waals surface area contributed by atoms with Crippen LogP contribution in [0.25, 0.3) is 0 Å². The molecule has 4 heteroatoms. The third-order valence-electron chi connectivity index (χ3n) is 2.34. The molecule has 14 heavy (non-hydrogen) atoms. The van der Waals surface area contributed by atoms with Gasteiger partial charge in [-0.05, 0) is 11.6 Å². The predicted molar refractivity (Wildman–Crippen MR) is 52.5 cm³/mol. The fourth-order valence-electron chi connectivity index (χ4n) is 1.51. The lowest BCUT2D eigenvalue weighted by molar-refractivity contribution is -0.134. The monoisotopic (exact) mass is 191 g/mol. The summed E-state index contributed by atoms with van der Waals surface area (Å²) in [5.41, 5.74) is 6.55. The summed E-state index contributed by atoms with van der Waals surface area (Å²) in [6.07, 6.45) is 3.85. The number of carbonyl (C=O) groups excluding carboxylic acids is 1. The van der Waals surface area contributed by atoms with Crippen LogP contribution in [0.2, 0.25) is 0 Å². The van der Waals surface area contributed by atoms with Crippen molar-refractivity contribution in [1.82, 2.24) is 9.88 Å². The zero-order chi connectivity index (χ0) is 9.97. The average Bonchev–Trinajstić information content (AvgIpc) is 2.14. The third kappa shape index (κ3) is 1.90. The second-order valence-corrected chi connectivity index (χ2v) is 3.60. The maximum atomic E-state index is 11.6. The number of amides is 1. The maximum Gasteiger partial charge on any atom is 0.227 e. The van der Waals surface area contributed by atoms with Gasteiger partial charge >= 0.3 is 0 Å². The van der Waals surface area contributed by atoms with Crippen LogP contribution in [0, 0.1) is 0 Å². The molecule has 1 amide bonds. The fourth-order valence-corrected chi connectivity index (χ4v) is 1.51. The summed E-state index contributed by atoms with van der Waals surface area (Å²) in [5, 5.41) is 0. The quantitative estimate of drug-likeness (QED) is 0.704. The van der Waals surface area contributed by atoms with E-state index in [0.717, 1.165) is 5.56 Å². The van der Waals surface area contributed by atoms with Crippen molar-refractivity contribution in [1.29, 1.82) is 0 Å². The topological polar surface area (TPSA) is 59.2 Å². The van der Waals surface area contributed by atoms with Gasteiger partial charge in [0.25, 0.3) is 0 Å². The number of nitrogens with two attached hydrogens (primary N) is 1. The largest absolute Gasteiger partial charge is 0.339 e. The Hall–Kier alpha value is -1.42. The van der Waals surface area contributed by atoms with E-state index in [0.29, 0.717) is 19.5 Å². The molecule has 1 aromatic heterocycles. The molecule has 0 aromatic carbocycles. The SMILES string of the molecule is NC1CN(C(=O)Cc2cccnc2)C1. The van der Waals surface area contributed by atoms with Crippen molar-refractivity contribution < 1.29 is 4.79 Å². The highest BCUT2D eigenvalue weighted by molar-refractivity contribution is 5.79. The Labute approximate surface area is 82.7 Å². The van der Waals surface area contributed by atoms with Crippen LogP contribution in [-0.4, -0.2) is 34.9 Å². The zero-order valence-corrected chi connectivity index (χ0v) is 7.89. The molecule has 0 radical (unpaired) electrons. The van der Waals surface area contributed by atoms with Crippen LogP contribution in [0.15, 0.2) is 24.5 Å². The minimum Gasteiger partial charge on any atom is -0.339 e. The molecule has 0 aliphatic carbocycles. The molecule has 2 rings (SSSR count). The molecule has 1 aliphatic rings. The number of hydrogen-bond acceptors (Lipinski definition) is 3. The Kier molecular flexibility index (Phi) is 2.45. The summed E-state index contributed by atoms with van der Waals surface area (Å²) in [4.78, 5) is 17.3. The minimum atomic E-state index is 0.139. The van der Waals surface area contributed by atoms with Gasteiger partial charge in [-0.15, -0.1) is 0 Å². The lowest BCUT2D eigenvalue weighted by atomic mass is 10.1. The lowest BCUT2D eigenvalue weighted by Gasteiger charge is -2.36. The third-order valence-corrected chi connectivity index (χ3v) is 2.34. The van der Waals surface area contributed by atoms with E-state index in [1.807, 2.05) is 12.1 Å². The highest BCUT2D eigenvalue weighted by Gasteiger charge is 2.27. The number of aromatic nitrogens is 1. The first kappa shape index (κ1) is 9.15. The maximum absolute atomic E-state index is 11.6. The number of rotatable bonds is 2. The van der Waals surface area contributed by atoms with E-state index in [1.54, 1.807) is 17.3 Å². The van der Waals surface area contributed by atoms with Gasteiger partial charge in [-0.25, -0.2) is 0 Å². The van der Waals surface area contributed by atoms with Crippen molar-refractivity contribution in [2.75, 3.05) is 13.1 Å². The average molecular weight is 191 g/mol. The molecule has 0 saturated carbocycles. The second-order valence-electron chi connectivity index (χ2n) is 3.60. The van der Waals surface area contributed by atoms with Crippen molar-refractivity contribution in [2.24, 2.45) is 5.73 Å². The van der Waals surface area contributed by atoms with Gasteiger partial charge in [0.1, 0.15) is 0 Å². The van der Waals surface area contributed by atoms with Crippen molar-refractivity contribution in [3.05, 3.63) is 30.1 Å². The van der Waals surface area contributed by atoms with E-state index in [9.17, 15) is 4.79 Å². The molecule has 1 aromatic rings. The first-order valence-electron chi connectivity index (χ1n) is 4.68. The molecule has 1 fully saturated rings. The highest BCUT2D eigenvalue weighted by Crippen LogP contribution is 2.08. The first-order chi connectivity index (χ1) is 6.75. The molecule has 0 spiro atoms. The normalized spacial score (nSPS) is 16.5. The molecule has 74 valence electrons. The van der Waals surface area contributed by atoms with Gasteiger partial charge in [0.2, 0.25) is 5.91 Å². The van der Waals surface area contributed by atoms with Crippen molar-refractivity contribution >= 4 is 5.91 Å². The van der Waals surface area contributed by atoms with Crippen LogP contribution < -0.4 is 5.73 Å².